The van der Waals surface area contributed by atoms with Crippen LogP contribution in [0.15, 0.2) is 65.8 Å². The number of benzene rings is 2. The highest BCUT2D eigenvalue weighted by molar-refractivity contribution is 7.70. The lowest BCUT2D eigenvalue weighted by Gasteiger charge is -2.28. The smallest absolute Gasteiger partial charge is 0.296 e. The first kappa shape index (κ1) is 15.5. The number of carbonyl (C=O) groups is 1. The van der Waals surface area contributed by atoms with Gasteiger partial charge in [-0.1, -0.05) is 36.4 Å². The lowest BCUT2D eigenvalue weighted by molar-refractivity contribution is -0.115. The Balaban J connectivity index is 2.07. The van der Waals surface area contributed by atoms with E-state index in [1.165, 1.54) is 11.7 Å². The maximum atomic E-state index is 13.8. The molecule has 1 aliphatic rings. The van der Waals surface area contributed by atoms with Gasteiger partial charge in [0.1, 0.15) is 11.4 Å². The number of para-hydroxylation sites is 2. The van der Waals surface area contributed by atoms with Gasteiger partial charge < -0.3 is 5.09 Å². The number of rotatable bonds is 4. The van der Waals surface area contributed by atoms with Crippen LogP contribution in [0.2, 0.25) is 0 Å². The lowest BCUT2D eigenvalue weighted by atomic mass is 10.2. The number of hydrazone groups is 1. The molecule has 0 radical (unpaired) electrons. The fourth-order valence-electron chi connectivity index (χ4n) is 2.77. The Hall–Kier alpha value is -2.39. The van der Waals surface area contributed by atoms with E-state index in [1.54, 1.807) is 6.92 Å². The van der Waals surface area contributed by atoms with E-state index >= 15 is 0 Å². The summed E-state index contributed by atoms with van der Waals surface area (Å²) in [6.07, 6.45) is 0. The fourth-order valence-corrected chi connectivity index (χ4v) is 5.54. The molecular weight excluding hydrogens is 309 g/mol. The summed E-state index contributed by atoms with van der Waals surface area (Å²) in [6, 6.07) is 18.5. The van der Waals surface area contributed by atoms with E-state index in [1.807, 2.05) is 60.7 Å². The molecule has 2 unspecified atom stereocenters. The molecule has 6 heteroatoms. The zero-order valence-corrected chi connectivity index (χ0v) is 13.9. The number of Topliss-reactive ketones (excluding diaryl/α,β-unsaturated/α-hetero) is 1. The molecular formula is C17H18N3O2P. The number of nitrogens with one attached hydrogen (secondary N) is 1. The van der Waals surface area contributed by atoms with Crippen LogP contribution in [0.4, 0.5) is 11.4 Å². The first-order valence-corrected chi connectivity index (χ1v) is 9.09. The summed E-state index contributed by atoms with van der Waals surface area (Å²) >= 11 is 0. The van der Waals surface area contributed by atoms with Crippen molar-refractivity contribution in [2.24, 2.45) is 5.10 Å². The van der Waals surface area contributed by atoms with E-state index in [-0.39, 0.29) is 5.78 Å². The minimum atomic E-state index is -3.32. The molecule has 2 atom stereocenters. The molecule has 118 valence electrons. The molecule has 1 heterocycles. The number of hydrogen-bond donors (Lipinski definition) is 1. The van der Waals surface area contributed by atoms with Gasteiger partial charge in [0, 0.05) is 5.69 Å². The third kappa shape index (κ3) is 2.80. The summed E-state index contributed by atoms with van der Waals surface area (Å²) < 4.78 is 15.3. The van der Waals surface area contributed by atoms with Gasteiger partial charge in [0.05, 0.1) is 11.4 Å². The molecule has 0 aliphatic carbocycles. The number of carbonyl (C=O) groups excluding carboxylic acids is 1. The summed E-state index contributed by atoms with van der Waals surface area (Å²) in [5.41, 5.74) is 1.21. The normalized spacial score (nSPS) is 23.5. The Morgan fingerprint density at radius 3 is 2.22 bits per heavy atom. The van der Waals surface area contributed by atoms with Crippen molar-refractivity contribution in [3.05, 3.63) is 60.7 Å². The Bertz CT molecular complexity index is 790. The highest BCUT2D eigenvalue weighted by atomic mass is 31.2. The van der Waals surface area contributed by atoms with Gasteiger partial charge in [-0.25, -0.2) is 0 Å². The summed E-state index contributed by atoms with van der Waals surface area (Å²) in [5, 5.41) is 7.49. The zero-order chi connectivity index (χ0) is 16.4. The van der Waals surface area contributed by atoms with Crippen molar-refractivity contribution < 1.29 is 9.36 Å². The highest BCUT2D eigenvalue weighted by Crippen LogP contribution is 2.59. The molecule has 0 fully saturated rings. The molecule has 0 aromatic heterocycles. The SMILES string of the molecule is CC(=O)C1C(C)=NN(c2ccccc2)P1(=O)Nc1ccccc1. The van der Waals surface area contributed by atoms with Gasteiger partial charge in [0.25, 0.3) is 7.44 Å². The molecule has 0 saturated heterocycles. The second-order valence-corrected chi connectivity index (χ2v) is 7.85. The maximum absolute atomic E-state index is 13.8. The van der Waals surface area contributed by atoms with Crippen LogP contribution in [0.25, 0.3) is 0 Å². The van der Waals surface area contributed by atoms with Crippen LogP contribution < -0.4 is 9.87 Å². The van der Waals surface area contributed by atoms with E-state index in [2.05, 4.69) is 10.2 Å². The van der Waals surface area contributed by atoms with Crippen molar-refractivity contribution in [1.29, 1.82) is 0 Å². The van der Waals surface area contributed by atoms with Crippen molar-refractivity contribution >= 4 is 30.3 Å². The Morgan fingerprint density at radius 1 is 1.09 bits per heavy atom. The monoisotopic (exact) mass is 327 g/mol. The van der Waals surface area contributed by atoms with Crippen LogP contribution in [-0.2, 0) is 9.36 Å². The van der Waals surface area contributed by atoms with Crippen molar-refractivity contribution in [2.45, 2.75) is 19.5 Å². The van der Waals surface area contributed by atoms with Gasteiger partial charge in [-0.3, -0.25) is 9.36 Å². The Morgan fingerprint density at radius 2 is 1.65 bits per heavy atom. The number of ketones is 1. The van der Waals surface area contributed by atoms with Gasteiger partial charge >= 0.3 is 0 Å². The third-order valence-electron chi connectivity index (χ3n) is 3.71. The van der Waals surface area contributed by atoms with Gasteiger partial charge in [0.15, 0.2) is 0 Å². The van der Waals surface area contributed by atoms with Crippen molar-refractivity contribution in [2.75, 3.05) is 9.87 Å². The van der Waals surface area contributed by atoms with Crippen molar-refractivity contribution in [3.8, 4) is 0 Å². The molecule has 2 aromatic carbocycles. The van der Waals surface area contributed by atoms with Gasteiger partial charge in [0.2, 0.25) is 0 Å². The largest absolute Gasteiger partial charge is 0.318 e. The number of nitrogens with zero attached hydrogens (tertiary/aromatic N) is 2. The van der Waals surface area contributed by atoms with Gasteiger partial charge in [-0.15, -0.1) is 0 Å². The topological polar surface area (TPSA) is 61.8 Å². The maximum Gasteiger partial charge on any atom is 0.296 e. The molecule has 5 nitrogen and oxygen atoms in total. The second kappa shape index (κ2) is 6.01. The first-order chi connectivity index (χ1) is 11.0. The quantitative estimate of drug-likeness (QED) is 0.857. The second-order valence-electron chi connectivity index (χ2n) is 5.48. The predicted octanol–water partition coefficient (Wildman–Crippen LogP) is 4.15. The van der Waals surface area contributed by atoms with E-state index in [0.717, 1.165) is 0 Å². The highest BCUT2D eigenvalue weighted by Gasteiger charge is 2.49. The van der Waals surface area contributed by atoms with Crippen LogP contribution in [0.3, 0.4) is 0 Å². The summed E-state index contributed by atoms with van der Waals surface area (Å²) in [7, 11) is -3.32. The van der Waals surface area contributed by atoms with E-state index in [0.29, 0.717) is 17.1 Å². The van der Waals surface area contributed by atoms with E-state index < -0.39 is 13.1 Å². The minimum Gasteiger partial charge on any atom is -0.318 e. The van der Waals surface area contributed by atoms with Gasteiger partial charge in [-0.05, 0) is 38.1 Å². The Labute approximate surface area is 135 Å². The van der Waals surface area contributed by atoms with Crippen LogP contribution in [-0.4, -0.2) is 17.2 Å². The average Bonchev–Trinajstić information content (AvgIpc) is 2.80. The van der Waals surface area contributed by atoms with Crippen LogP contribution in [0.1, 0.15) is 13.8 Å². The molecule has 0 amide bonds. The van der Waals surface area contributed by atoms with E-state index in [9.17, 15) is 9.36 Å². The van der Waals surface area contributed by atoms with Crippen LogP contribution in [0, 0.1) is 0 Å². The van der Waals surface area contributed by atoms with Gasteiger partial charge in [-0.2, -0.15) is 9.88 Å². The molecule has 2 aromatic rings. The third-order valence-corrected chi connectivity index (χ3v) is 6.61. The van der Waals surface area contributed by atoms with Crippen LogP contribution in [0.5, 0.6) is 0 Å². The predicted molar refractivity (Wildman–Crippen MR) is 94.2 cm³/mol. The van der Waals surface area contributed by atoms with E-state index in [4.69, 9.17) is 0 Å². The minimum absolute atomic E-state index is 0.156. The first-order valence-electron chi connectivity index (χ1n) is 7.36. The summed E-state index contributed by atoms with van der Waals surface area (Å²) in [4.78, 5) is 12.1. The molecule has 0 saturated carbocycles. The lowest BCUT2D eigenvalue weighted by Crippen LogP contribution is -2.28. The molecule has 0 bridgehead atoms. The van der Waals surface area contributed by atoms with Crippen LogP contribution >= 0.6 is 7.44 Å². The molecule has 23 heavy (non-hydrogen) atoms. The fraction of sp³-hybridized carbons (Fsp3) is 0.176. The zero-order valence-electron chi connectivity index (χ0n) is 13.0. The summed E-state index contributed by atoms with van der Waals surface area (Å²) in [5.74, 6) is -0.156. The average molecular weight is 327 g/mol. The Kier molecular flexibility index (Phi) is 4.05. The number of hydrogen-bond acceptors (Lipinski definition) is 3. The molecule has 3 rings (SSSR count). The molecule has 1 N–H and O–H groups in total. The van der Waals surface area contributed by atoms with Crippen molar-refractivity contribution in [1.82, 2.24) is 0 Å². The molecule has 1 aliphatic heterocycles. The molecule has 0 spiro atoms. The van der Waals surface area contributed by atoms with Crippen molar-refractivity contribution in [3.63, 3.8) is 0 Å². The number of anilines is 2. The summed E-state index contributed by atoms with van der Waals surface area (Å²) in [6.45, 7) is 3.20. The standard InChI is InChI=1S/C17H18N3O2P/c1-13-17(14(2)21)23(22,19-15-9-5-3-6-10-15)20(18-13)16-11-7-4-8-12-16/h3-12,17H,1-2H3,(H,19,22).